The molecule has 0 aliphatic heterocycles. The van der Waals surface area contributed by atoms with Gasteiger partial charge in [-0.25, -0.2) is 4.98 Å². The van der Waals surface area contributed by atoms with Crippen LogP contribution in [0.2, 0.25) is 5.28 Å². The van der Waals surface area contributed by atoms with E-state index in [0.717, 1.165) is 39.4 Å². The fourth-order valence-electron chi connectivity index (χ4n) is 3.58. The van der Waals surface area contributed by atoms with E-state index in [4.69, 9.17) is 21.1 Å². The van der Waals surface area contributed by atoms with E-state index in [-0.39, 0.29) is 5.28 Å². The Balaban J connectivity index is 1.73. The summed E-state index contributed by atoms with van der Waals surface area (Å²) in [5, 5.41) is 3.60. The van der Waals surface area contributed by atoms with Crippen LogP contribution in [0, 0.1) is 13.8 Å². The molecule has 0 saturated carbocycles. The highest BCUT2D eigenvalue weighted by Gasteiger charge is 2.16. The quantitative estimate of drug-likeness (QED) is 0.396. The van der Waals surface area contributed by atoms with E-state index >= 15 is 0 Å². The van der Waals surface area contributed by atoms with Crippen molar-refractivity contribution >= 4 is 34.3 Å². The molecule has 0 unspecified atom stereocenters. The first-order chi connectivity index (χ1) is 15.0. The minimum absolute atomic E-state index is 0.144. The zero-order chi connectivity index (χ0) is 22.0. The Kier molecular flexibility index (Phi) is 5.95. The number of ether oxygens (including phenoxy) is 2. The van der Waals surface area contributed by atoms with Crippen molar-refractivity contribution < 1.29 is 9.47 Å². The number of nitrogens with zero attached hydrogens (tertiary/aromatic N) is 4. The molecule has 31 heavy (non-hydrogen) atoms. The van der Waals surface area contributed by atoms with Crippen LogP contribution in [0.4, 0.5) is 11.5 Å². The summed E-state index contributed by atoms with van der Waals surface area (Å²) in [4.78, 5) is 13.2. The van der Waals surface area contributed by atoms with Crippen LogP contribution in [0.1, 0.15) is 23.6 Å². The SMILES string of the molecule is CCOc1cc(C)c(Nc2nc(Cl)nc3ncn(Cc4ccc(OC)cc4)c23)c(C)c1. The van der Waals surface area contributed by atoms with Crippen LogP contribution in [-0.4, -0.2) is 33.2 Å². The molecule has 8 heteroatoms. The topological polar surface area (TPSA) is 74.1 Å². The van der Waals surface area contributed by atoms with Crippen molar-refractivity contribution in [3.63, 3.8) is 0 Å². The molecule has 0 aliphatic carbocycles. The zero-order valence-electron chi connectivity index (χ0n) is 17.9. The van der Waals surface area contributed by atoms with Crippen LogP contribution in [0.25, 0.3) is 11.2 Å². The summed E-state index contributed by atoms with van der Waals surface area (Å²) in [6.45, 7) is 7.28. The number of aryl methyl sites for hydroxylation is 2. The first-order valence-electron chi connectivity index (χ1n) is 10.0. The highest BCUT2D eigenvalue weighted by Crippen LogP contribution is 2.32. The molecule has 2 aromatic heterocycles. The molecule has 4 aromatic rings. The standard InChI is InChI=1S/C23H24ClN5O2/c1-5-31-18-10-14(2)19(15(3)11-18)26-22-20-21(27-23(24)28-22)25-13-29(20)12-16-6-8-17(30-4)9-7-16/h6-11,13H,5,12H2,1-4H3,(H,26,27,28). The van der Waals surface area contributed by atoms with Gasteiger partial charge in [0.25, 0.3) is 0 Å². The number of benzene rings is 2. The van der Waals surface area contributed by atoms with Gasteiger partial charge in [0, 0.05) is 12.2 Å². The van der Waals surface area contributed by atoms with E-state index in [9.17, 15) is 0 Å². The van der Waals surface area contributed by atoms with E-state index in [0.29, 0.717) is 24.6 Å². The molecule has 7 nitrogen and oxygen atoms in total. The molecule has 0 aliphatic rings. The van der Waals surface area contributed by atoms with Gasteiger partial charge in [-0.2, -0.15) is 9.97 Å². The fraction of sp³-hybridized carbons (Fsp3) is 0.261. The number of rotatable bonds is 7. The van der Waals surface area contributed by atoms with Gasteiger partial charge in [-0.15, -0.1) is 0 Å². The number of halogens is 1. The molecule has 1 N–H and O–H groups in total. The minimum atomic E-state index is 0.144. The van der Waals surface area contributed by atoms with Gasteiger partial charge in [0.05, 0.1) is 20.0 Å². The number of imidazole rings is 1. The van der Waals surface area contributed by atoms with Gasteiger partial charge in [0.2, 0.25) is 5.28 Å². The summed E-state index contributed by atoms with van der Waals surface area (Å²) in [7, 11) is 1.66. The minimum Gasteiger partial charge on any atom is -0.497 e. The zero-order valence-corrected chi connectivity index (χ0v) is 18.7. The first kappa shape index (κ1) is 20.9. The van der Waals surface area contributed by atoms with Crippen molar-refractivity contribution in [3.05, 3.63) is 64.7 Å². The summed E-state index contributed by atoms with van der Waals surface area (Å²) in [6, 6.07) is 11.9. The Bertz CT molecular complexity index is 1200. The van der Waals surface area contributed by atoms with Crippen molar-refractivity contribution in [1.29, 1.82) is 0 Å². The largest absolute Gasteiger partial charge is 0.497 e. The molecule has 0 saturated heterocycles. The smallest absolute Gasteiger partial charge is 0.226 e. The van der Waals surface area contributed by atoms with Crippen LogP contribution >= 0.6 is 11.6 Å². The van der Waals surface area contributed by atoms with E-state index in [2.05, 4.69) is 20.3 Å². The predicted octanol–water partition coefficient (Wildman–Crippen LogP) is 5.30. The normalized spacial score (nSPS) is 11.0. The number of hydrogen-bond acceptors (Lipinski definition) is 6. The van der Waals surface area contributed by atoms with Crippen molar-refractivity contribution in [3.8, 4) is 11.5 Å². The van der Waals surface area contributed by atoms with Gasteiger partial charge < -0.3 is 19.4 Å². The van der Waals surface area contributed by atoms with E-state index in [1.807, 2.05) is 61.7 Å². The second-order valence-electron chi connectivity index (χ2n) is 7.22. The second-order valence-corrected chi connectivity index (χ2v) is 7.56. The molecular weight excluding hydrogens is 414 g/mol. The number of aromatic nitrogens is 4. The third-order valence-corrected chi connectivity index (χ3v) is 5.19. The average Bonchev–Trinajstić information content (AvgIpc) is 3.14. The van der Waals surface area contributed by atoms with Crippen molar-refractivity contribution in [2.75, 3.05) is 19.0 Å². The maximum Gasteiger partial charge on any atom is 0.226 e. The lowest BCUT2D eigenvalue weighted by atomic mass is 10.1. The molecule has 2 heterocycles. The molecule has 2 aromatic carbocycles. The number of hydrogen-bond donors (Lipinski definition) is 1. The summed E-state index contributed by atoms with van der Waals surface area (Å²) in [6.07, 6.45) is 1.75. The number of fused-ring (bicyclic) bond motifs is 1. The molecular formula is C23H24ClN5O2. The lowest BCUT2D eigenvalue weighted by molar-refractivity contribution is 0.340. The molecule has 0 bridgehead atoms. The van der Waals surface area contributed by atoms with Gasteiger partial charge in [0.1, 0.15) is 17.0 Å². The predicted molar refractivity (Wildman–Crippen MR) is 123 cm³/mol. The third-order valence-electron chi connectivity index (χ3n) is 5.02. The van der Waals surface area contributed by atoms with Crippen molar-refractivity contribution in [1.82, 2.24) is 19.5 Å². The molecule has 0 amide bonds. The Hall–Kier alpha value is -3.32. The molecule has 4 rings (SSSR count). The summed E-state index contributed by atoms with van der Waals surface area (Å²) >= 11 is 6.19. The Morgan fingerprint density at radius 2 is 1.74 bits per heavy atom. The number of methoxy groups -OCH3 is 1. The number of nitrogens with one attached hydrogen (secondary N) is 1. The number of anilines is 2. The summed E-state index contributed by atoms with van der Waals surface area (Å²) in [5.41, 5.74) is 5.48. The molecule has 160 valence electrons. The van der Waals surface area contributed by atoms with E-state index < -0.39 is 0 Å². The van der Waals surface area contributed by atoms with Gasteiger partial charge in [0.15, 0.2) is 11.5 Å². The Morgan fingerprint density at radius 1 is 1.03 bits per heavy atom. The highest BCUT2D eigenvalue weighted by atomic mass is 35.5. The van der Waals surface area contributed by atoms with Gasteiger partial charge >= 0.3 is 0 Å². The van der Waals surface area contributed by atoms with E-state index in [1.165, 1.54) is 0 Å². The molecule has 0 atom stereocenters. The van der Waals surface area contributed by atoms with Gasteiger partial charge in [-0.05, 0) is 73.3 Å². The molecule has 0 radical (unpaired) electrons. The molecule has 0 fully saturated rings. The van der Waals surface area contributed by atoms with Crippen LogP contribution in [0.15, 0.2) is 42.7 Å². The Morgan fingerprint density at radius 3 is 2.39 bits per heavy atom. The van der Waals surface area contributed by atoms with Gasteiger partial charge in [-0.3, -0.25) is 0 Å². The van der Waals surface area contributed by atoms with Crippen LogP contribution in [0.3, 0.4) is 0 Å². The Labute approximate surface area is 186 Å². The molecule has 0 spiro atoms. The van der Waals surface area contributed by atoms with Crippen LogP contribution < -0.4 is 14.8 Å². The maximum atomic E-state index is 6.19. The highest BCUT2D eigenvalue weighted by molar-refractivity contribution is 6.28. The van der Waals surface area contributed by atoms with Crippen LogP contribution in [-0.2, 0) is 6.54 Å². The summed E-state index contributed by atoms with van der Waals surface area (Å²) in [5.74, 6) is 2.27. The third kappa shape index (κ3) is 4.41. The monoisotopic (exact) mass is 437 g/mol. The first-order valence-corrected chi connectivity index (χ1v) is 10.4. The van der Waals surface area contributed by atoms with Crippen LogP contribution in [0.5, 0.6) is 11.5 Å². The average molecular weight is 438 g/mol. The lowest BCUT2D eigenvalue weighted by Gasteiger charge is -2.16. The van der Waals surface area contributed by atoms with Crippen molar-refractivity contribution in [2.24, 2.45) is 0 Å². The van der Waals surface area contributed by atoms with Gasteiger partial charge in [-0.1, -0.05) is 12.1 Å². The van der Waals surface area contributed by atoms with Crippen molar-refractivity contribution in [2.45, 2.75) is 27.3 Å². The lowest BCUT2D eigenvalue weighted by Crippen LogP contribution is -2.05. The summed E-state index contributed by atoms with van der Waals surface area (Å²) < 4.78 is 12.9. The van der Waals surface area contributed by atoms with E-state index in [1.54, 1.807) is 13.4 Å². The fourth-order valence-corrected chi connectivity index (χ4v) is 3.74. The maximum absolute atomic E-state index is 6.19. The second kappa shape index (κ2) is 8.81.